The SMILES string of the molecule is CSCCC(NC(=O)c1ccccc1)C(=O)OCc1ccc(C(=O)Nc2ccccc2)cc1. The van der Waals surface area contributed by atoms with Gasteiger partial charge in [-0.25, -0.2) is 4.79 Å². The molecular weight excluding hydrogens is 436 g/mol. The van der Waals surface area contributed by atoms with Crippen molar-refractivity contribution >= 4 is 35.2 Å². The Morgan fingerprint density at radius 3 is 2.06 bits per heavy atom. The Balaban J connectivity index is 1.55. The third-order valence-corrected chi connectivity index (χ3v) is 5.51. The zero-order valence-corrected chi connectivity index (χ0v) is 19.1. The topological polar surface area (TPSA) is 84.5 Å². The number of carbonyl (C=O) groups excluding carboxylic acids is 3. The molecule has 0 fully saturated rings. The quantitative estimate of drug-likeness (QED) is 0.433. The van der Waals surface area contributed by atoms with E-state index in [9.17, 15) is 14.4 Å². The number of para-hydroxylation sites is 1. The van der Waals surface area contributed by atoms with Crippen molar-refractivity contribution in [1.82, 2.24) is 5.32 Å². The molecule has 0 aliphatic carbocycles. The number of anilines is 1. The van der Waals surface area contributed by atoms with E-state index >= 15 is 0 Å². The van der Waals surface area contributed by atoms with Crippen LogP contribution in [0.1, 0.15) is 32.7 Å². The Hall–Kier alpha value is -3.58. The summed E-state index contributed by atoms with van der Waals surface area (Å²) in [6.07, 6.45) is 2.41. The lowest BCUT2D eigenvalue weighted by Gasteiger charge is -2.17. The van der Waals surface area contributed by atoms with Gasteiger partial charge in [-0.1, -0.05) is 48.5 Å². The molecule has 1 atom stereocenters. The summed E-state index contributed by atoms with van der Waals surface area (Å²) in [7, 11) is 0. The van der Waals surface area contributed by atoms with Crippen LogP contribution in [0, 0.1) is 0 Å². The molecule has 1 unspecified atom stereocenters. The summed E-state index contributed by atoms with van der Waals surface area (Å²) in [4.78, 5) is 37.5. The fraction of sp³-hybridized carbons (Fsp3) is 0.192. The molecule has 0 heterocycles. The van der Waals surface area contributed by atoms with Crippen LogP contribution in [-0.4, -0.2) is 35.8 Å². The summed E-state index contributed by atoms with van der Waals surface area (Å²) in [5.41, 5.74) is 2.46. The molecule has 33 heavy (non-hydrogen) atoms. The van der Waals surface area contributed by atoms with E-state index in [1.807, 2.05) is 42.7 Å². The molecule has 0 saturated heterocycles. The minimum atomic E-state index is -0.735. The number of ether oxygens (including phenoxy) is 1. The van der Waals surface area contributed by atoms with Crippen LogP contribution in [0.4, 0.5) is 5.69 Å². The molecular formula is C26H26N2O4S. The van der Waals surface area contributed by atoms with Crippen molar-refractivity contribution < 1.29 is 19.1 Å². The van der Waals surface area contributed by atoms with E-state index in [1.54, 1.807) is 60.3 Å². The van der Waals surface area contributed by atoms with Gasteiger partial charge in [-0.05, 0) is 60.4 Å². The molecule has 3 aromatic rings. The fourth-order valence-electron chi connectivity index (χ4n) is 3.05. The fourth-order valence-corrected chi connectivity index (χ4v) is 3.52. The zero-order valence-electron chi connectivity index (χ0n) is 18.3. The van der Waals surface area contributed by atoms with Gasteiger partial charge >= 0.3 is 5.97 Å². The van der Waals surface area contributed by atoms with E-state index < -0.39 is 12.0 Å². The summed E-state index contributed by atoms with van der Waals surface area (Å²) in [5.74, 6) is -0.308. The molecule has 0 spiro atoms. The highest BCUT2D eigenvalue weighted by molar-refractivity contribution is 7.98. The van der Waals surface area contributed by atoms with Crippen LogP contribution in [0.2, 0.25) is 0 Å². The lowest BCUT2D eigenvalue weighted by molar-refractivity contribution is -0.147. The number of carbonyl (C=O) groups is 3. The molecule has 0 aromatic heterocycles. The van der Waals surface area contributed by atoms with Gasteiger partial charge < -0.3 is 15.4 Å². The molecule has 0 aliphatic heterocycles. The summed E-state index contributed by atoms with van der Waals surface area (Å²) < 4.78 is 5.46. The van der Waals surface area contributed by atoms with Gasteiger partial charge in [0, 0.05) is 16.8 Å². The standard InChI is InChI=1S/C26H26N2O4S/c1-33-17-16-23(28-25(30)20-8-4-2-5-9-20)26(31)32-18-19-12-14-21(15-13-19)24(29)27-22-10-6-3-7-11-22/h2-15,23H,16-18H2,1H3,(H,27,29)(H,28,30). The predicted octanol–water partition coefficient (Wildman–Crippen LogP) is 4.53. The summed E-state index contributed by atoms with van der Waals surface area (Å²) in [5, 5.41) is 5.60. The second-order valence-electron chi connectivity index (χ2n) is 7.30. The molecule has 0 bridgehead atoms. The normalized spacial score (nSPS) is 11.3. The van der Waals surface area contributed by atoms with Crippen molar-refractivity contribution in [2.24, 2.45) is 0 Å². The van der Waals surface area contributed by atoms with Crippen LogP contribution in [0.5, 0.6) is 0 Å². The van der Waals surface area contributed by atoms with E-state index in [2.05, 4.69) is 10.6 Å². The second kappa shape index (κ2) is 12.5. The van der Waals surface area contributed by atoms with E-state index in [0.717, 1.165) is 5.56 Å². The van der Waals surface area contributed by atoms with Crippen molar-refractivity contribution in [2.75, 3.05) is 17.3 Å². The molecule has 7 heteroatoms. The third-order valence-electron chi connectivity index (χ3n) is 4.87. The molecule has 0 aliphatic rings. The first-order valence-electron chi connectivity index (χ1n) is 10.5. The van der Waals surface area contributed by atoms with Crippen LogP contribution < -0.4 is 10.6 Å². The molecule has 3 rings (SSSR count). The summed E-state index contributed by atoms with van der Waals surface area (Å²) >= 11 is 1.59. The highest BCUT2D eigenvalue weighted by Crippen LogP contribution is 2.12. The Kier molecular flexibility index (Phi) is 9.08. The van der Waals surface area contributed by atoms with Gasteiger partial charge in [0.15, 0.2) is 0 Å². The van der Waals surface area contributed by atoms with Gasteiger partial charge in [0.2, 0.25) is 0 Å². The van der Waals surface area contributed by atoms with Gasteiger partial charge in [0.05, 0.1) is 0 Å². The van der Waals surface area contributed by atoms with Gasteiger partial charge in [-0.15, -0.1) is 0 Å². The van der Waals surface area contributed by atoms with Crippen molar-refractivity contribution in [3.63, 3.8) is 0 Å². The van der Waals surface area contributed by atoms with Crippen molar-refractivity contribution in [2.45, 2.75) is 19.1 Å². The lowest BCUT2D eigenvalue weighted by Crippen LogP contribution is -2.42. The average molecular weight is 463 g/mol. The van der Waals surface area contributed by atoms with Gasteiger partial charge in [0.1, 0.15) is 12.6 Å². The number of nitrogens with one attached hydrogen (secondary N) is 2. The Bertz CT molecular complexity index is 1060. The van der Waals surface area contributed by atoms with Gasteiger partial charge in [-0.3, -0.25) is 9.59 Å². The van der Waals surface area contributed by atoms with Crippen molar-refractivity contribution in [3.8, 4) is 0 Å². The maximum absolute atomic E-state index is 12.7. The Labute approximate surface area is 197 Å². The first-order valence-corrected chi connectivity index (χ1v) is 11.9. The lowest BCUT2D eigenvalue weighted by atomic mass is 10.1. The predicted molar refractivity (Wildman–Crippen MR) is 131 cm³/mol. The highest BCUT2D eigenvalue weighted by Gasteiger charge is 2.22. The number of hydrogen-bond donors (Lipinski definition) is 2. The van der Waals surface area contributed by atoms with E-state index in [1.165, 1.54) is 0 Å². The van der Waals surface area contributed by atoms with Crippen LogP contribution in [0.15, 0.2) is 84.9 Å². The molecule has 170 valence electrons. The molecule has 0 radical (unpaired) electrons. The smallest absolute Gasteiger partial charge is 0.329 e. The van der Waals surface area contributed by atoms with Gasteiger partial charge in [-0.2, -0.15) is 11.8 Å². The van der Waals surface area contributed by atoms with E-state index in [4.69, 9.17) is 4.74 Å². The average Bonchev–Trinajstić information content (AvgIpc) is 2.86. The number of rotatable bonds is 10. The molecule has 2 N–H and O–H groups in total. The largest absolute Gasteiger partial charge is 0.459 e. The minimum Gasteiger partial charge on any atom is -0.459 e. The molecule has 2 amide bonds. The van der Waals surface area contributed by atoms with E-state index in [0.29, 0.717) is 29.0 Å². The van der Waals surface area contributed by atoms with Crippen LogP contribution in [-0.2, 0) is 16.1 Å². The number of benzene rings is 3. The van der Waals surface area contributed by atoms with Crippen LogP contribution >= 0.6 is 11.8 Å². The number of hydrogen-bond acceptors (Lipinski definition) is 5. The molecule has 3 aromatic carbocycles. The summed E-state index contributed by atoms with van der Waals surface area (Å²) in [6.45, 7) is 0.0520. The van der Waals surface area contributed by atoms with Crippen molar-refractivity contribution in [1.29, 1.82) is 0 Å². The Morgan fingerprint density at radius 1 is 0.818 bits per heavy atom. The molecule has 0 saturated carbocycles. The Morgan fingerprint density at radius 2 is 1.42 bits per heavy atom. The number of amides is 2. The molecule has 6 nitrogen and oxygen atoms in total. The van der Waals surface area contributed by atoms with E-state index in [-0.39, 0.29) is 18.4 Å². The number of thioether (sulfide) groups is 1. The zero-order chi connectivity index (χ0) is 23.5. The van der Waals surface area contributed by atoms with Crippen molar-refractivity contribution in [3.05, 3.63) is 102 Å². The van der Waals surface area contributed by atoms with Crippen LogP contribution in [0.25, 0.3) is 0 Å². The third kappa shape index (κ3) is 7.50. The second-order valence-corrected chi connectivity index (χ2v) is 8.28. The minimum absolute atomic E-state index is 0.0520. The van der Waals surface area contributed by atoms with Gasteiger partial charge in [0.25, 0.3) is 11.8 Å². The maximum atomic E-state index is 12.7. The highest BCUT2D eigenvalue weighted by atomic mass is 32.2. The first-order chi connectivity index (χ1) is 16.1. The maximum Gasteiger partial charge on any atom is 0.329 e. The summed E-state index contributed by atoms with van der Waals surface area (Å²) in [6, 6.07) is 24.1. The van der Waals surface area contributed by atoms with Crippen LogP contribution in [0.3, 0.4) is 0 Å². The monoisotopic (exact) mass is 462 g/mol. The first kappa shape index (κ1) is 24.1. The number of esters is 1.